The highest BCUT2D eigenvalue weighted by atomic mass is 16.3. The van der Waals surface area contributed by atoms with Crippen LogP contribution in [0.4, 0.5) is 0 Å². The smallest absolute Gasteiger partial charge is 0.242 e. The minimum atomic E-state index is -1.01. The summed E-state index contributed by atoms with van der Waals surface area (Å²) in [7, 11) is 0. The first-order chi connectivity index (χ1) is 6.36. The molecular formula is C10H18N2O2. The second-order valence-electron chi connectivity index (χ2n) is 4.05. The zero-order valence-electron chi connectivity index (χ0n) is 9.24. The van der Waals surface area contributed by atoms with Crippen LogP contribution in [0.25, 0.3) is 0 Å². The topological polar surface area (TPSA) is 64.3 Å². The summed E-state index contributed by atoms with van der Waals surface area (Å²) >= 11 is 0. The Hall–Kier alpha value is -1.08. The van der Waals surface area contributed by atoms with Crippen molar-refractivity contribution in [3.8, 4) is 6.07 Å². The van der Waals surface area contributed by atoms with Gasteiger partial charge in [0.2, 0.25) is 5.91 Å². The molecule has 0 aliphatic carbocycles. The Balaban J connectivity index is 4.70. The fourth-order valence-corrected chi connectivity index (χ4v) is 1.11. The maximum atomic E-state index is 11.8. The van der Waals surface area contributed by atoms with Gasteiger partial charge in [0.1, 0.15) is 5.41 Å². The Morgan fingerprint density at radius 1 is 1.57 bits per heavy atom. The summed E-state index contributed by atoms with van der Waals surface area (Å²) in [6.45, 7) is 7.10. The van der Waals surface area contributed by atoms with Crippen molar-refractivity contribution in [3.63, 3.8) is 0 Å². The normalized spacial score (nSPS) is 11.2. The van der Waals surface area contributed by atoms with E-state index in [0.29, 0.717) is 0 Å². The van der Waals surface area contributed by atoms with Crippen LogP contribution in [0.2, 0.25) is 0 Å². The van der Waals surface area contributed by atoms with Gasteiger partial charge in [-0.1, -0.05) is 0 Å². The number of rotatable bonds is 4. The van der Waals surface area contributed by atoms with Gasteiger partial charge in [0.05, 0.1) is 12.7 Å². The summed E-state index contributed by atoms with van der Waals surface area (Å²) in [5.74, 6) is -0.232. The fraction of sp³-hybridized carbons (Fsp3) is 0.800. The Bertz CT molecular complexity index is 241. The van der Waals surface area contributed by atoms with Gasteiger partial charge < -0.3 is 10.0 Å². The molecule has 0 heterocycles. The molecule has 0 aromatic heterocycles. The van der Waals surface area contributed by atoms with Gasteiger partial charge in [-0.05, 0) is 27.7 Å². The van der Waals surface area contributed by atoms with Gasteiger partial charge in [-0.3, -0.25) is 4.79 Å². The first kappa shape index (κ1) is 12.9. The lowest BCUT2D eigenvalue weighted by atomic mass is 9.93. The third-order valence-corrected chi connectivity index (χ3v) is 2.04. The minimum Gasteiger partial charge on any atom is -0.395 e. The number of nitriles is 1. The molecule has 0 spiro atoms. The van der Waals surface area contributed by atoms with E-state index in [2.05, 4.69) is 0 Å². The molecule has 0 rings (SSSR count). The van der Waals surface area contributed by atoms with Crippen LogP contribution >= 0.6 is 0 Å². The number of aliphatic hydroxyl groups is 1. The molecule has 4 heteroatoms. The van der Waals surface area contributed by atoms with E-state index in [0.717, 1.165) is 0 Å². The zero-order valence-corrected chi connectivity index (χ0v) is 9.24. The molecule has 80 valence electrons. The third-order valence-electron chi connectivity index (χ3n) is 2.04. The lowest BCUT2D eigenvalue weighted by molar-refractivity contribution is -0.139. The van der Waals surface area contributed by atoms with Gasteiger partial charge >= 0.3 is 0 Å². The van der Waals surface area contributed by atoms with Gasteiger partial charge in [-0.25, -0.2) is 0 Å². The Morgan fingerprint density at radius 3 is 2.36 bits per heavy atom. The highest BCUT2D eigenvalue weighted by molar-refractivity contribution is 5.84. The molecule has 0 fully saturated rings. The first-order valence-corrected chi connectivity index (χ1v) is 4.70. The highest BCUT2D eigenvalue weighted by Gasteiger charge is 2.32. The third kappa shape index (κ3) is 3.00. The van der Waals surface area contributed by atoms with Gasteiger partial charge in [-0.2, -0.15) is 5.26 Å². The standard InChI is InChI=1S/C10H18N2O2/c1-8(2)12(5-6-13)9(14)10(3,4)7-11/h8,13H,5-6H2,1-4H3. The van der Waals surface area contributed by atoms with E-state index in [4.69, 9.17) is 10.4 Å². The first-order valence-electron chi connectivity index (χ1n) is 4.70. The van der Waals surface area contributed by atoms with E-state index in [-0.39, 0.29) is 25.1 Å². The SMILES string of the molecule is CC(C)N(CCO)C(=O)C(C)(C)C#N. The predicted molar refractivity (Wildman–Crippen MR) is 53.3 cm³/mol. The molecule has 0 aromatic rings. The fourth-order valence-electron chi connectivity index (χ4n) is 1.11. The molecule has 0 aliphatic rings. The Morgan fingerprint density at radius 2 is 2.07 bits per heavy atom. The second-order valence-corrected chi connectivity index (χ2v) is 4.05. The number of aliphatic hydroxyl groups excluding tert-OH is 1. The zero-order chi connectivity index (χ0) is 11.4. The van der Waals surface area contributed by atoms with Crippen LogP contribution in [-0.4, -0.2) is 35.1 Å². The number of nitrogens with zero attached hydrogens (tertiary/aromatic N) is 2. The van der Waals surface area contributed by atoms with Crippen LogP contribution in [0.1, 0.15) is 27.7 Å². The van der Waals surface area contributed by atoms with Crippen LogP contribution in [0.15, 0.2) is 0 Å². The number of carbonyl (C=O) groups is 1. The quantitative estimate of drug-likeness (QED) is 0.725. The van der Waals surface area contributed by atoms with Crippen molar-refractivity contribution in [1.29, 1.82) is 5.26 Å². The van der Waals surface area contributed by atoms with Crippen molar-refractivity contribution in [2.24, 2.45) is 5.41 Å². The molecular weight excluding hydrogens is 180 g/mol. The van der Waals surface area contributed by atoms with Crippen LogP contribution < -0.4 is 0 Å². The van der Waals surface area contributed by atoms with Crippen molar-refractivity contribution in [2.75, 3.05) is 13.2 Å². The number of amides is 1. The maximum Gasteiger partial charge on any atom is 0.242 e. The summed E-state index contributed by atoms with van der Waals surface area (Å²) in [5, 5.41) is 17.6. The maximum absolute atomic E-state index is 11.8. The van der Waals surface area contributed by atoms with Crippen molar-refractivity contribution < 1.29 is 9.90 Å². The minimum absolute atomic E-state index is 0.00211. The summed E-state index contributed by atoms with van der Waals surface area (Å²) in [6.07, 6.45) is 0. The lowest BCUT2D eigenvalue weighted by Gasteiger charge is -2.30. The van der Waals surface area contributed by atoms with E-state index in [1.807, 2.05) is 19.9 Å². The van der Waals surface area contributed by atoms with Crippen LogP contribution in [-0.2, 0) is 4.79 Å². The molecule has 0 saturated heterocycles. The van der Waals surface area contributed by atoms with Gasteiger partial charge in [0.15, 0.2) is 0 Å². The van der Waals surface area contributed by atoms with Gasteiger partial charge in [-0.15, -0.1) is 0 Å². The van der Waals surface area contributed by atoms with Crippen molar-refractivity contribution in [2.45, 2.75) is 33.7 Å². The largest absolute Gasteiger partial charge is 0.395 e. The van der Waals surface area contributed by atoms with E-state index in [9.17, 15) is 4.79 Å². The summed E-state index contributed by atoms with van der Waals surface area (Å²) < 4.78 is 0. The van der Waals surface area contributed by atoms with E-state index in [1.54, 1.807) is 13.8 Å². The molecule has 0 saturated carbocycles. The number of hydrogen-bond acceptors (Lipinski definition) is 3. The second kappa shape index (κ2) is 4.97. The van der Waals surface area contributed by atoms with E-state index in [1.165, 1.54) is 4.90 Å². The predicted octanol–water partition coefficient (Wildman–Crippen LogP) is 0.765. The summed E-state index contributed by atoms with van der Waals surface area (Å²) in [4.78, 5) is 13.3. The molecule has 14 heavy (non-hydrogen) atoms. The number of hydrogen-bond donors (Lipinski definition) is 1. The van der Waals surface area contributed by atoms with E-state index < -0.39 is 5.41 Å². The van der Waals surface area contributed by atoms with Gasteiger partial charge in [0.25, 0.3) is 0 Å². The molecule has 4 nitrogen and oxygen atoms in total. The molecule has 0 aliphatic heterocycles. The average Bonchev–Trinajstić information content (AvgIpc) is 2.12. The Labute approximate surface area is 85.1 Å². The average molecular weight is 198 g/mol. The highest BCUT2D eigenvalue weighted by Crippen LogP contribution is 2.18. The van der Waals surface area contributed by atoms with Crippen molar-refractivity contribution >= 4 is 5.91 Å². The van der Waals surface area contributed by atoms with E-state index >= 15 is 0 Å². The molecule has 0 bridgehead atoms. The monoisotopic (exact) mass is 198 g/mol. The number of carbonyl (C=O) groups excluding carboxylic acids is 1. The molecule has 1 N–H and O–H groups in total. The van der Waals surface area contributed by atoms with Gasteiger partial charge in [0, 0.05) is 12.6 Å². The molecule has 0 aromatic carbocycles. The molecule has 0 unspecified atom stereocenters. The van der Waals surface area contributed by atoms with Crippen LogP contribution in [0.3, 0.4) is 0 Å². The van der Waals surface area contributed by atoms with Crippen molar-refractivity contribution in [3.05, 3.63) is 0 Å². The summed E-state index contributed by atoms with van der Waals surface area (Å²) in [6, 6.07) is 1.96. The Kier molecular flexibility index (Phi) is 4.58. The van der Waals surface area contributed by atoms with Crippen LogP contribution in [0, 0.1) is 16.7 Å². The van der Waals surface area contributed by atoms with Crippen LogP contribution in [0.5, 0.6) is 0 Å². The molecule has 0 radical (unpaired) electrons. The summed E-state index contributed by atoms with van der Waals surface area (Å²) in [5.41, 5.74) is -1.01. The molecule has 1 amide bonds. The lowest BCUT2D eigenvalue weighted by Crippen LogP contribution is -2.45. The molecule has 0 atom stereocenters. The van der Waals surface area contributed by atoms with Crippen molar-refractivity contribution in [1.82, 2.24) is 4.90 Å².